The Balaban J connectivity index is 2.44. The summed E-state index contributed by atoms with van der Waals surface area (Å²) in [6.45, 7) is 7.59. The molecule has 0 aromatic rings. The van der Waals surface area contributed by atoms with E-state index in [9.17, 15) is 4.79 Å². The van der Waals surface area contributed by atoms with Crippen molar-refractivity contribution in [2.75, 3.05) is 26.2 Å². The molecule has 1 fully saturated rings. The minimum atomic E-state index is 0.215. The van der Waals surface area contributed by atoms with Crippen molar-refractivity contribution in [2.24, 2.45) is 11.8 Å². The van der Waals surface area contributed by atoms with E-state index in [1.165, 1.54) is 6.42 Å². The average Bonchev–Trinajstić information content (AvgIpc) is 2.35. The standard InChI is InChI=1S/C14H25N3O/c1-12(2)11-17(8-4-6-15)14(18)9-13-5-3-7-16-10-13/h12-13,16H,3-5,7-11H2,1-2H3. The van der Waals surface area contributed by atoms with Crippen molar-refractivity contribution >= 4 is 5.91 Å². The number of carbonyl (C=O) groups excluding carboxylic acids is 1. The van der Waals surface area contributed by atoms with Gasteiger partial charge in [-0.25, -0.2) is 0 Å². The smallest absolute Gasteiger partial charge is 0.222 e. The maximum Gasteiger partial charge on any atom is 0.222 e. The number of rotatable bonds is 6. The van der Waals surface area contributed by atoms with E-state index in [0.717, 1.165) is 26.1 Å². The van der Waals surface area contributed by atoms with Crippen molar-refractivity contribution in [1.29, 1.82) is 5.26 Å². The molecule has 102 valence electrons. The van der Waals surface area contributed by atoms with Crippen molar-refractivity contribution < 1.29 is 4.79 Å². The van der Waals surface area contributed by atoms with Gasteiger partial charge in [-0.05, 0) is 37.8 Å². The van der Waals surface area contributed by atoms with E-state index in [0.29, 0.717) is 31.2 Å². The van der Waals surface area contributed by atoms with Gasteiger partial charge in [0.2, 0.25) is 5.91 Å². The summed E-state index contributed by atoms with van der Waals surface area (Å²) in [7, 11) is 0. The lowest BCUT2D eigenvalue weighted by molar-refractivity contribution is -0.132. The van der Waals surface area contributed by atoms with Crippen LogP contribution < -0.4 is 5.32 Å². The average molecular weight is 251 g/mol. The van der Waals surface area contributed by atoms with Gasteiger partial charge in [0.05, 0.1) is 12.5 Å². The van der Waals surface area contributed by atoms with Crippen molar-refractivity contribution in [2.45, 2.75) is 39.5 Å². The Morgan fingerprint density at radius 3 is 2.89 bits per heavy atom. The fraction of sp³-hybridized carbons (Fsp3) is 0.857. The predicted molar refractivity (Wildman–Crippen MR) is 71.9 cm³/mol. The zero-order valence-corrected chi connectivity index (χ0v) is 11.6. The SMILES string of the molecule is CC(C)CN(CCC#N)C(=O)CC1CCCNC1. The number of amides is 1. The van der Waals surface area contributed by atoms with Gasteiger partial charge in [-0.2, -0.15) is 5.26 Å². The number of nitrogens with one attached hydrogen (secondary N) is 1. The third-order valence-electron chi connectivity index (χ3n) is 3.29. The molecule has 0 radical (unpaired) electrons. The normalized spacial score (nSPS) is 19.6. The number of hydrogen-bond acceptors (Lipinski definition) is 3. The van der Waals surface area contributed by atoms with Crippen LogP contribution in [0.3, 0.4) is 0 Å². The van der Waals surface area contributed by atoms with Crippen LogP contribution in [0.4, 0.5) is 0 Å². The van der Waals surface area contributed by atoms with E-state index in [2.05, 4.69) is 25.2 Å². The topological polar surface area (TPSA) is 56.1 Å². The second kappa shape index (κ2) is 8.10. The molecule has 0 aromatic heterocycles. The van der Waals surface area contributed by atoms with E-state index in [-0.39, 0.29) is 5.91 Å². The molecule has 0 saturated carbocycles. The van der Waals surface area contributed by atoms with Crippen LogP contribution in [0, 0.1) is 23.2 Å². The number of carbonyl (C=O) groups is 1. The lowest BCUT2D eigenvalue weighted by Crippen LogP contribution is -2.38. The maximum absolute atomic E-state index is 12.2. The highest BCUT2D eigenvalue weighted by Crippen LogP contribution is 2.16. The van der Waals surface area contributed by atoms with Gasteiger partial charge in [-0.15, -0.1) is 0 Å². The first-order chi connectivity index (χ1) is 8.63. The van der Waals surface area contributed by atoms with E-state index >= 15 is 0 Å². The van der Waals surface area contributed by atoms with E-state index in [1.54, 1.807) is 0 Å². The highest BCUT2D eigenvalue weighted by atomic mass is 16.2. The first-order valence-corrected chi connectivity index (χ1v) is 6.99. The highest BCUT2D eigenvalue weighted by molar-refractivity contribution is 5.76. The molecular formula is C14H25N3O. The molecule has 0 aromatic carbocycles. The molecule has 1 N–H and O–H groups in total. The molecule has 0 spiro atoms. The summed E-state index contributed by atoms with van der Waals surface area (Å²) in [5.41, 5.74) is 0. The number of nitriles is 1. The number of hydrogen-bond donors (Lipinski definition) is 1. The van der Waals surface area contributed by atoms with Crippen molar-refractivity contribution in [3.05, 3.63) is 0 Å². The van der Waals surface area contributed by atoms with Crippen LogP contribution in [0.2, 0.25) is 0 Å². The van der Waals surface area contributed by atoms with E-state index in [1.807, 2.05) is 4.90 Å². The third-order valence-corrected chi connectivity index (χ3v) is 3.29. The van der Waals surface area contributed by atoms with E-state index < -0.39 is 0 Å². The Bertz CT molecular complexity index is 290. The molecule has 18 heavy (non-hydrogen) atoms. The summed E-state index contributed by atoms with van der Waals surface area (Å²) in [6.07, 6.45) is 3.37. The molecule has 4 nitrogen and oxygen atoms in total. The second-order valence-corrected chi connectivity index (χ2v) is 5.56. The molecule has 1 amide bonds. The van der Waals surface area contributed by atoms with Gasteiger partial charge < -0.3 is 10.2 Å². The molecule has 4 heteroatoms. The zero-order chi connectivity index (χ0) is 13.4. The lowest BCUT2D eigenvalue weighted by atomic mass is 9.95. The summed E-state index contributed by atoms with van der Waals surface area (Å²) in [5, 5.41) is 12.0. The summed E-state index contributed by atoms with van der Waals surface area (Å²) in [4.78, 5) is 14.1. The van der Waals surface area contributed by atoms with Crippen molar-refractivity contribution in [3.63, 3.8) is 0 Å². The third kappa shape index (κ3) is 5.50. The Hall–Kier alpha value is -1.08. The summed E-state index contributed by atoms with van der Waals surface area (Å²) >= 11 is 0. The molecule has 1 saturated heterocycles. The van der Waals surface area contributed by atoms with Gasteiger partial charge in [0.15, 0.2) is 0 Å². The van der Waals surface area contributed by atoms with Crippen LogP contribution in [0.15, 0.2) is 0 Å². The Morgan fingerprint density at radius 2 is 2.33 bits per heavy atom. The monoisotopic (exact) mass is 251 g/mol. The number of nitrogens with zero attached hydrogens (tertiary/aromatic N) is 2. The largest absolute Gasteiger partial charge is 0.341 e. The molecule has 1 unspecified atom stereocenters. The maximum atomic E-state index is 12.2. The van der Waals surface area contributed by atoms with Gasteiger partial charge >= 0.3 is 0 Å². The van der Waals surface area contributed by atoms with Crippen LogP contribution >= 0.6 is 0 Å². The Kier molecular flexibility index (Phi) is 6.74. The van der Waals surface area contributed by atoms with Crippen LogP contribution in [0.25, 0.3) is 0 Å². The molecule has 1 aliphatic rings. The fourth-order valence-corrected chi connectivity index (χ4v) is 2.42. The molecule has 1 rings (SSSR count). The molecule has 1 atom stereocenters. The van der Waals surface area contributed by atoms with Gasteiger partial charge in [0, 0.05) is 19.5 Å². The Labute approximate surface area is 110 Å². The van der Waals surface area contributed by atoms with Crippen molar-refractivity contribution in [1.82, 2.24) is 10.2 Å². The highest BCUT2D eigenvalue weighted by Gasteiger charge is 2.21. The van der Waals surface area contributed by atoms with Gasteiger partial charge in [-0.1, -0.05) is 13.8 Å². The lowest BCUT2D eigenvalue weighted by Gasteiger charge is -2.28. The number of piperidine rings is 1. The van der Waals surface area contributed by atoms with Crippen LogP contribution in [0.1, 0.15) is 39.5 Å². The molecule has 1 heterocycles. The van der Waals surface area contributed by atoms with Gasteiger partial charge in [0.25, 0.3) is 0 Å². The van der Waals surface area contributed by atoms with Crippen molar-refractivity contribution in [3.8, 4) is 6.07 Å². The van der Waals surface area contributed by atoms with Crippen LogP contribution in [0.5, 0.6) is 0 Å². The first-order valence-electron chi connectivity index (χ1n) is 6.99. The molecule has 1 aliphatic heterocycles. The fourth-order valence-electron chi connectivity index (χ4n) is 2.42. The van der Waals surface area contributed by atoms with E-state index in [4.69, 9.17) is 5.26 Å². The van der Waals surface area contributed by atoms with Gasteiger partial charge in [-0.3, -0.25) is 4.79 Å². The minimum Gasteiger partial charge on any atom is -0.341 e. The molecule has 0 bridgehead atoms. The Morgan fingerprint density at radius 1 is 1.56 bits per heavy atom. The first kappa shape index (κ1) is 15.0. The zero-order valence-electron chi connectivity index (χ0n) is 11.6. The van der Waals surface area contributed by atoms with Crippen LogP contribution in [-0.2, 0) is 4.79 Å². The van der Waals surface area contributed by atoms with Crippen LogP contribution in [-0.4, -0.2) is 37.0 Å². The second-order valence-electron chi connectivity index (χ2n) is 5.56. The predicted octanol–water partition coefficient (Wildman–Crippen LogP) is 1.77. The minimum absolute atomic E-state index is 0.215. The molecular weight excluding hydrogens is 226 g/mol. The quantitative estimate of drug-likeness (QED) is 0.783. The summed E-state index contributed by atoms with van der Waals surface area (Å²) in [5.74, 6) is 1.15. The molecule has 0 aliphatic carbocycles. The summed E-state index contributed by atoms with van der Waals surface area (Å²) < 4.78 is 0. The van der Waals surface area contributed by atoms with Gasteiger partial charge in [0.1, 0.15) is 0 Å². The summed E-state index contributed by atoms with van der Waals surface area (Å²) in [6, 6.07) is 2.12.